The second kappa shape index (κ2) is 5.00. The molecule has 1 aliphatic carbocycles. The van der Waals surface area contributed by atoms with Crippen LogP contribution in [0.25, 0.3) is 0 Å². The Labute approximate surface area is 117 Å². The lowest BCUT2D eigenvalue weighted by Crippen LogP contribution is -2.09. The van der Waals surface area contributed by atoms with Gasteiger partial charge in [-0.2, -0.15) is 5.10 Å². The number of hydrogen-bond acceptors (Lipinski definition) is 3. The summed E-state index contributed by atoms with van der Waals surface area (Å²) in [5, 5.41) is 16.9. The molecule has 1 heterocycles. The van der Waals surface area contributed by atoms with E-state index in [0.717, 1.165) is 17.1 Å². The van der Waals surface area contributed by atoms with Gasteiger partial charge in [-0.15, -0.1) is 0 Å². The van der Waals surface area contributed by atoms with Gasteiger partial charge in [-0.3, -0.25) is 4.68 Å². The Morgan fingerprint density at radius 1 is 1.45 bits per heavy atom. The van der Waals surface area contributed by atoms with Crippen LogP contribution in [0, 0.1) is 0 Å². The lowest BCUT2D eigenvalue weighted by Gasteiger charge is -2.08. The van der Waals surface area contributed by atoms with E-state index in [1.165, 1.54) is 12.8 Å². The zero-order valence-electron chi connectivity index (χ0n) is 11.3. The molecule has 3 rings (SSSR count). The minimum atomic E-state index is -0.897. The lowest BCUT2D eigenvalue weighted by atomic mass is 10.1. The van der Waals surface area contributed by atoms with Crippen molar-refractivity contribution < 1.29 is 9.90 Å². The minimum absolute atomic E-state index is 0.338. The van der Waals surface area contributed by atoms with Crippen LogP contribution in [0.4, 0.5) is 5.82 Å². The Bertz CT molecular complexity index is 644. The molecule has 2 aromatic rings. The first-order valence-corrected chi connectivity index (χ1v) is 6.74. The van der Waals surface area contributed by atoms with Gasteiger partial charge in [0.2, 0.25) is 0 Å². The van der Waals surface area contributed by atoms with E-state index >= 15 is 0 Å². The van der Waals surface area contributed by atoms with Crippen molar-refractivity contribution in [3.63, 3.8) is 0 Å². The summed E-state index contributed by atoms with van der Waals surface area (Å²) < 4.78 is 1.82. The number of nitrogens with zero attached hydrogens (tertiary/aromatic N) is 2. The first-order valence-electron chi connectivity index (χ1n) is 6.74. The van der Waals surface area contributed by atoms with Crippen LogP contribution in [-0.4, -0.2) is 20.9 Å². The molecule has 1 aliphatic rings. The number of carboxylic acids is 1. The maximum atomic E-state index is 11.2. The van der Waals surface area contributed by atoms with Gasteiger partial charge in [0.1, 0.15) is 5.82 Å². The highest BCUT2D eigenvalue weighted by Gasteiger charge is 2.26. The van der Waals surface area contributed by atoms with Crippen molar-refractivity contribution in [3.05, 3.63) is 47.2 Å². The topological polar surface area (TPSA) is 67.2 Å². The summed E-state index contributed by atoms with van der Waals surface area (Å²) in [7, 11) is 1.90. The molecule has 0 amide bonds. The van der Waals surface area contributed by atoms with E-state index in [1.807, 2.05) is 23.9 Å². The standard InChI is InChI=1S/C15H17N3O2/c1-18-14(8-13(17-18)10-6-7-10)16-9-11-4-2-3-5-12(11)15(19)20/h2-5,8,10,16H,6-7,9H2,1H3,(H,19,20). The van der Waals surface area contributed by atoms with Crippen molar-refractivity contribution >= 4 is 11.8 Å². The highest BCUT2D eigenvalue weighted by atomic mass is 16.4. The Kier molecular flexibility index (Phi) is 3.18. The molecular formula is C15H17N3O2. The molecule has 5 nitrogen and oxygen atoms in total. The molecule has 0 spiro atoms. The third kappa shape index (κ3) is 2.52. The first-order chi connectivity index (χ1) is 9.65. The van der Waals surface area contributed by atoms with Gasteiger partial charge < -0.3 is 10.4 Å². The number of aryl methyl sites for hydroxylation is 1. The molecule has 0 saturated heterocycles. The molecule has 0 unspecified atom stereocenters. The van der Waals surface area contributed by atoms with Crippen LogP contribution >= 0.6 is 0 Å². The third-order valence-electron chi connectivity index (χ3n) is 3.60. The number of carboxylic acid groups (broad SMARTS) is 1. The highest BCUT2D eigenvalue weighted by molar-refractivity contribution is 5.89. The molecule has 2 N–H and O–H groups in total. The molecule has 1 aromatic heterocycles. The fourth-order valence-corrected chi connectivity index (χ4v) is 2.30. The fraction of sp³-hybridized carbons (Fsp3) is 0.333. The lowest BCUT2D eigenvalue weighted by molar-refractivity contribution is 0.0696. The molecule has 1 fully saturated rings. The van der Waals surface area contributed by atoms with Crippen LogP contribution in [0.1, 0.15) is 40.4 Å². The quantitative estimate of drug-likeness (QED) is 0.877. The van der Waals surface area contributed by atoms with Crippen molar-refractivity contribution in [1.29, 1.82) is 0 Å². The van der Waals surface area contributed by atoms with E-state index in [4.69, 9.17) is 5.11 Å². The molecule has 0 atom stereocenters. The average Bonchev–Trinajstić information content (AvgIpc) is 3.21. The molecule has 0 aliphatic heterocycles. The van der Waals surface area contributed by atoms with E-state index < -0.39 is 5.97 Å². The number of aromatic nitrogens is 2. The third-order valence-corrected chi connectivity index (χ3v) is 3.60. The maximum absolute atomic E-state index is 11.2. The summed E-state index contributed by atoms with van der Waals surface area (Å²) in [5.41, 5.74) is 2.24. The SMILES string of the molecule is Cn1nc(C2CC2)cc1NCc1ccccc1C(=O)O. The van der Waals surface area contributed by atoms with Crippen molar-refractivity contribution in [3.8, 4) is 0 Å². The minimum Gasteiger partial charge on any atom is -0.478 e. The van der Waals surface area contributed by atoms with E-state index in [0.29, 0.717) is 18.0 Å². The van der Waals surface area contributed by atoms with Crippen molar-refractivity contribution in [1.82, 2.24) is 9.78 Å². The predicted octanol–water partition coefficient (Wildman–Crippen LogP) is 2.61. The number of hydrogen-bond donors (Lipinski definition) is 2. The Morgan fingerprint density at radius 3 is 2.90 bits per heavy atom. The van der Waals surface area contributed by atoms with E-state index in [1.54, 1.807) is 12.1 Å². The van der Waals surface area contributed by atoms with Gasteiger partial charge in [0.25, 0.3) is 0 Å². The fourth-order valence-electron chi connectivity index (χ4n) is 2.30. The number of nitrogens with one attached hydrogen (secondary N) is 1. The van der Waals surface area contributed by atoms with Gasteiger partial charge in [0.05, 0.1) is 11.3 Å². The smallest absolute Gasteiger partial charge is 0.336 e. The van der Waals surface area contributed by atoms with Gasteiger partial charge in [-0.1, -0.05) is 18.2 Å². The summed E-state index contributed by atoms with van der Waals surface area (Å²) in [4.78, 5) is 11.2. The Morgan fingerprint density at radius 2 is 2.20 bits per heavy atom. The largest absolute Gasteiger partial charge is 0.478 e. The van der Waals surface area contributed by atoms with Gasteiger partial charge in [-0.25, -0.2) is 4.79 Å². The van der Waals surface area contributed by atoms with Crippen molar-refractivity contribution in [2.45, 2.75) is 25.3 Å². The molecule has 0 bridgehead atoms. The molecule has 1 saturated carbocycles. The number of anilines is 1. The number of benzene rings is 1. The molecule has 104 valence electrons. The van der Waals surface area contributed by atoms with Crippen LogP contribution in [-0.2, 0) is 13.6 Å². The van der Waals surface area contributed by atoms with Crippen LogP contribution in [0.3, 0.4) is 0 Å². The Hall–Kier alpha value is -2.30. The van der Waals surface area contributed by atoms with Crippen LogP contribution in [0.2, 0.25) is 0 Å². The maximum Gasteiger partial charge on any atom is 0.336 e. The summed E-state index contributed by atoms with van der Waals surface area (Å²) in [6, 6.07) is 9.10. The normalized spacial score (nSPS) is 14.2. The first kappa shape index (κ1) is 12.7. The van der Waals surface area contributed by atoms with Gasteiger partial charge in [-0.05, 0) is 24.5 Å². The second-order valence-corrected chi connectivity index (χ2v) is 5.17. The van der Waals surface area contributed by atoms with Crippen molar-refractivity contribution in [2.75, 3.05) is 5.32 Å². The zero-order valence-corrected chi connectivity index (χ0v) is 11.3. The number of rotatable bonds is 5. The summed E-state index contributed by atoms with van der Waals surface area (Å²) in [5.74, 6) is 0.640. The molecule has 1 aromatic carbocycles. The van der Waals surface area contributed by atoms with Crippen LogP contribution < -0.4 is 5.32 Å². The zero-order chi connectivity index (χ0) is 14.1. The van der Waals surface area contributed by atoms with Gasteiger partial charge in [0, 0.05) is 25.6 Å². The second-order valence-electron chi connectivity index (χ2n) is 5.17. The Balaban J connectivity index is 1.74. The summed E-state index contributed by atoms with van der Waals surface area (Å²) >= 11 is 0. The van der Waals surface area contributed by atoms with Crippen LogP contribution in [0.15, 0.2) is 30.3 Å². The summed E-state index contributed by atoms with van der Waals surface area (Å²) in [6.07, 6.45) is 2.44. The van der Waals surface area contributed by atoms with E-state index in [-0.39, 0.29) is 0 Å². The highest BCUT2D eigenvalue weighted by Crippen LogP contribution is 2.39. The van der Waals surface area contributed by atoms with E-state index in [9.17, 15) is 4.79 Å². The van der Waals surface area contributed by atoms with Crippen LogP contribution in [0.5, 0.6) is 0 Å². The number of aromatic carboxylic acids is 1. The molecule has 0 radical (unpaired) electrons. The van der Waals surface area contributed by atoms with Gasteiger partial charge >= 0.3 is 5.97 Å². The molecular weight excluding hydrogens is 254 g/mol. The number of carbonyl (C=O) groups is 1. The summed E-state index contributed by atoms with van der Waals surface area (Å²) in [6.45, 7) is 0.478. The van der Waals surface area contributed by atoms with Crippen molar-refractivity contribution in [2.24, 2.45) is 7.05 Å². The van der Waals surface area contributed by atoms with E-state index in [2.05, 4.69) is 16.5 Å². The molecule has 20 heavy (non-hydrogen) atoms. The predicted molar refractivity (Wildman–Crippen MR) is 75.9 cm³/mol. The molecule has 5 heteroatoms. The van der Waals surface area contributed by atoms with Gasteiger partial charge in [0.15, 0.2) is 0 Å². The monoisotopic (exact) mass is 271 g/mol. The average molecular weight is 271 g/mol.